The number of ether oxygens (including phenoxy) is 5. The van der Waals surface area contributed by atoms with Crippen molar-refractivity contribution in [1.29, 1.82) is 0 Å². The van der Waals surface area contributed by atoms with Crippen molar-refractivity contribution in [3.8, 4) is 17.2 Å². The summed E-state index contributed by atoms with van der Waals surface area (Å²) < 4.78 is 45.9. The Balaban J connectivity index is 1.13. The van der Waals surface area contributed by atoms with E-state index in [1.165, 1.54) is 18.2 Å². The number of rotatable bonds is 13. The molecule has 17 heteroatoms. The third kappa shape index (κ3) is 6.73. The minimum absolute atomic E-state index is 0.0262. The molecule has 0 bridgehead atoms. The number of allylic oxidation sites excluding steroid dienone is 4. The first-order chi connectivity index (χ1) is 25.8. The molecule has 0 spiro atoms. The van der Waals surface area contributed by atoms with Crippen molar-refractivity contribution in [3.05, 3.63) is 51.6 Å². The maximum atomic E-state index is 17.7. The SMILES string of the molecule is CC1(C)O[C@@H]2CC3C4CCC5=CC(=O)C=C[C@]5(C)[C@@]4(F)[C@@H](O)C[C@]3(C)[C@]2(C(=O)COC(=O)Oc2cc(C(=O)OCCCCCCO[N+](=O)[O-])cc(O)c2O)O1. The van der Waals surface area contributed by atoms with Crippen LogP contribution in [0.3, 0.4) is 0 Å². The number of phenolic OH excluding ortho intramolecular Hbond substituents is 2. The minimum atomic E-state index is -2.16. The molecule has 4 fully saturated rings. The van der Waals surface area contributed by atoms with E-state index in [-0.39, 0.29) is 37.4 Å². The largest absolute Gasteiger partial charge is 0.514 e. The summed E-state index contributed by atoms with van der Waals surface area (Å²) in [6.07, 6.45) is 3.17. The normalized spacial score (nSPS) is 34.0. The average Bonchev–Trinajstić information content (AvgIpc) is 3.52. The molecule has 5 aliphatic rings. The zero-order chi connectivity index (χ0) is 40.1. The van der Waals surface area contributed by atoms with Crippen molar-refractivity contribution in [2.75, 3.05) is 19.8 Å². The number of unbranched alkanes of at least 4 members (excludes halogenated alkanes) is 3. The van der Waals surface area contributed by atoms with E-state index in [0.29, 0.717) is 44.1 Å². The van der Waals surface area contributed by atoms with Gasteiger partial charge in [-0.1, -0.05) is 25.0 Å². The summed E-state index contributed by atoms with van der Waals surface area (Å²) in [5.74, 6) is -6.74. The predicted octanol–water partition coefficient (Wildman–Crippen LogP) is 4.98. The highest BCUT2D eigenvalue weighted by molar-refractivity contribution is 6.01. The molecule has 0 radical (unpaired) electrons. The Morgan fingerprint density at radius 3 is 2.45 bits per heavy atom. The highest BCUT2D eigenvalue weighted by Gasteiger charge is 2.80. The lowest BCUT2D eigenvalue weighted by molar-refractivity contribution is -0.757. The van der Waals surface area contributed by atoms with Gasteiger partial charge in [-0.05, 0) is 95.9 Å². The molecule has 1 aromatic rings. The number of hydrogen-bond acceptors (Lipinski definition) is 15. The van der Waals surface area contributed by atoms with Gasteiger partial charge in [0.25, 0.3) is 5.09 Å². The number of esters is 1. The van der Waals surface area contributed by atoms with Gasteiger partial charge >= 0.3 is 12.1 Å². The van der Waals surface area contributed by atoms with E-state index in [9.17, 15) is 44.6 Å². The predicted molar refractivity (Wildman–Crippen MR) is 185 cm³/mol. The zero-order valence-corrected chi connectivity index (χ0v) is 31.0. The highest BCUT2D eigenvalue weighted by atomic mass is 19.1. The molecular formula is C38H46FNO15. The number of fused-ring (bicyclic) bond motifs is 7. The van der Waals surface area contributed by atoms with Gasteiger partial charge < -0.3 is 43.8 Å². The van der Waals surface area contributed by atoms with E-state index in [0.717, 1.165) is 12.1 Å². The van der Waals surface area contributed by atoms with Crippen LogP contribution in [0.15, 0.2) is 35.9 Å². The van der Waals surface area contributed by atoms with E-state index in [1.807, 2.05) is 0 Å². The van der Waals surface area contributed by atoms with E-state index in [1.54, 1.807) is 27.7 Å². The van der Waals surface area contributed by atoms with Crippen molar-refractivity contribution in [2.24, 2.45) is 22.7 Å². The Morgan fingerprint density at radius 1 is 1.04 bits per heavy atom. The average molecular weight is 776 g/mol. The first-order valence-corrected chi connectivity index (χ1v) is 18.4. The summed E-state index contributed by atoms with van der Waals surface area (Å²) in [6, 6.07) is 1.85. The van der Waals surface area contributed by atoms with Crippen LogP contribution in [0.1, 0.15) is 89.4 Å². The van der Waals surface area contributed by atoms with Crippen molar-refractivity contribution in [1.82, 2.24) is 0 Å². The smallest absolute Gasteiger partial charge is 0.504 e. The molecule has 0 amide bonds. The van der Waals surface area contributed by atoms with Gasteiger partial charge in [0.15, 0.2) is 40.9 Å². The molecule has 1 heterocycles. The summed E-state index contributed by atoms with van der Waals surface area (Å²) in [5.41, 5.74) is -6.03. The number of benzene rings is 1. The molecule has 1 saturated heterocycles. The maximum Gasteiger partial charge on any atom is 0.514 e. The van der Waals surface area contributed by atoms with Gasteiger partial charge in [0.2, 0.25) is 11.5 Å². The number of hydrogen-bond donors (Lipinski definition) is 3. The van der Waals surface area contributed by atoms with Crippen LogP contribution in [-0.2, 0) is 33.4 Å². The van der Waals surface area contributed by atoms with Gasteiger partial charge in [-0.3, -0.25) is 9.59 Å². The molecule has 2 unspecified atom stereocenters. The number of Topliss-reactive ketones (excluding diaryl/α,β-unsaturated/α-hetero) is 1. The molecule has 300 valence electrons. The van der Waals surface area contributed by atoms with Crippen LogP contribution in [0.25, 0.3) is 0 Å². The number of aliphatic hydroxyl groups excluding tert-OH is 1. The lowest BCUT2D eigenvalue weighted by atomic mass is 9.44. The quantitative estimate of drug-likeness (QED) is 0.0600. The summed E-state index contributed by atoms with van der Waals surface area (Å²) in [4.78, 5) is 66.6. The molecule has 1 aromatic carbocycles. The summed E-state index contributed by atoms with van der Waals surface area (Å²) in [6.45, 7) is 5.72. The van der Waals surface area contributed by atoms with Crippen molar-refractivity contribution >= 4 is 23.7 Å². The number of carbonyl (C=O) groups is 4. The van der Waals surface area contributed by atoms with Crippen LogP contribution < -0.4 is 4.74 Å². The standard InChI is InChI=1S/C38H46FNO15/c1-34(2)54-30-18-25-24-10-9-22-17-23(41)11-12-35(22,3)37(24,39)28(43)19-36(25,4)38(30,55-34)29(44)20-51-33(47)53-27-16-21(15-26(42)31(27)45)32(46)50-13-7-5-6-8-14-52-40(48)49/h11-12,15-17,24-25,28,30,42-43,45H,5-10,13-14,18-20H2,1-4H3/t24?,25?,28-,30+,35-,36-,37-,38+/m0/s1. The number of ketones is 2. The van der Waals surface area contributed by atoms with Crippen LogP contribution in [0, 0.1) is 32.8 Å². The molecule has 8 atom stereocenters. The number of alkyl halides is 1. The molecule has 4 aliphatic carbocycles. The van der Waals surface area contributed by atoms with Crippen LogP contribution in [0.5, 0.6) is 17.2 Å². The Morgan fingerprint density at radius 2 is 1.75 bits per heavy atom. The highest BCUT2D eigenvalue weighted by Crippen LogP contribution is 2.72. The molecule has 0 aromatic heterocycles. The van der Waals surface area contributed by atoms with Gasteiger partial charge in [-0.25, -0.2) is 14.0 Å². The third-order valence-electron chi connectivity index (χ3n) is 12.3. The fraction of sp³-hybridized carbons (Fsp3) is 0.632. The van der Waals surface area contributed by atoms with Crippen molar-refractivity contribution in [3.63, 3.8) is 0 Å². The number of halogens is 1. The van der Waals surface area contributed by atoms with Gasteiger partial charge in [-0.2, -0.15) is 0 Å². The van der Waals surface area contributed by atoms with Crippen molar-refractivity contribution < 1.29 is 72.5 Å². The van der Waals surface area contributed by atoms with Crippen LogP contribution in [0.2, 0.25) is 0 Å². The zero-order valence-electron chi connectivity index (χ0n) is 31.0. The molecule has 16 nitrogen and oxygen atoms in total. The van der Waals surface area contributed by atoms with Gasteiger partial charge in [0.1, 0.15) is 0 Å². The van der Waals surface area contributed by atoms with Crippen LogP contribution in [-0.4, -0.2) is 93.2 Å². The summed E-state index contributed by atoms with van der Waals surface area (Å²) in [7, 11) is 0. The van der Waals surface area contributed by atoms with E-state index in [4.69, 9.17) is 23.7 Å². The number of aliphatic hydroxyl groups is 1. The lowest BCUT2D eigenvalue weighted by Gasteiger charge is -2.62. The fourth-order valence-corrected chi connectivity index (χ4v) is 9.89. The van der Waals surface area contributed by atoms with Gasteiger partial charge in [0.05, 0.1) is 31.0 Å². The van der Waals surface area contributed by atoms with E-state index >= 15 is 4.39 Å². The maximum absolute atomic E-state index is 17.7. The second-order valence-corrected chi connectivity index (χ2v) is 15.9. The molecule has 3 saturated carbocycles. The number of aromatic hydroxyl groups is 2. The number of carbonyl (C=O) groups excluding carboxylic acids is 4. The second-order valence-electron chi connectivity index (χ2n) is 15.9. The van der Waals surface area contributed by atoms with E-state index < -0.39 is 98.8 Å². The molecular weight excluding hydrogens is 729 g/mol. The van der Waals surface area contributed by atoms with Crippen LogP contribution in [0.4, 0.5) is 9.18 Å². The summed E-state index contributed by atoms with van der Waals surface area (Å²) in [5, 5.41) is 41.7. The lowest BCUT2D eigenvalue weighted by Crippen LogP contribution is -2.70. The Kier molecular flexibility index (Phi) is 10.5. The molecule has 3 N–H and O–H groups in total. The third-order valence-corrected chi connectivity index (χ3v) is 12.3. The second kappa shape index (κ2) is 14.5. The molecule has 55 heavy (non-hydrogen) atoms. The van der Waals surface area contributed by atoms with Crippen molar-refractivity contribution in [2.45, 2.75) is 108 Å². The molecule has 6 rings (SSSR count). The van der Waals surface area contributed by atoms with Gasteiger partial charge in [0, 0.05) is 16.7 Å². The molecule has 1 aliphatic heterocycles. The monoisotopic (exact) mass is 775 g/mol. The topological polar surface area (TPSA) is 227 Å². The minimum Gasteiger partial charge on any atom is -0.504 e. The van der Waals surface area contributed by atoms with E-state index in [2.05, 4.69) is 4.84 Å². The summed E-state index contributed by atoms with van der Waals surface area (Å²) >= 11 is 0. The Labute approximate surface area is 315 Å². The first-order valence-electron chi connectivity index (χ1n) is 18.4. The number of phenols is 2. The Bertz CT molecular complexity index is 1830. The fourth-order valence-electron chi connectivity index (χ4n) is 9.89. The number of nitrogens with zero attached hydrogens (tertiary/aromatic N) is 1. The van der Waals surface area contributed by atoms with Gasteiger partial charge in [-0.15, -0.1) is 10.1 Å². The van der Waals surface area contributed by atoms with Crippen LogP contribution >= 0.6 is 0 Å². The first kappa shape index (κ1) is 40.1. The Hall–Kier alpha value is -4.61.